The first-order valence-corrected chi connectivity index (χ1v) is 8.55. The van der Waals surface area contributed by atoms with E-state index in [-0.39, 0.29) is 18.6 Å². The second kappa shape index (κ2) is 7.85. The van der Waals surface area contributed by atoms with Gasteiger partial charge in [-0.1, -0.05) is 29.3 Å². The summed E-state index contributed by atoms with van der Waals surface area (Å²) in [6.07, 6.45) is 0. The number of nitrogens with one attached hydrogen (secondary N) is 1. The lowest BCUT2D eigenvalue weighted by atomic mass is 10.1. The van der Waals surface area contributed by atoms with Crippen LogP contribution in [-0.2, 0) is 4.79 Å². The van der Waals surface area contributed by atoms with E-state index in [4.69, 9.17) is 37.4 Å². The molecule has 2 aromatic rings. The first-order valence-electron chi connectivity index (χ1n) is 7.79. The Morgan fingerprint density at radius 1 is 1.12 bits per heavy atom. The Morgan fingerprint density at radius 3 is 2.64 bits per heavy atom. The number of benzene rings is 2. The molecule has 2 aromatic carbocycles. The van der Waals surface area contributed by atoms with E-state index in [1.165, 1.54) is 0 Å². The van der Waals surface area contributed by atoms with Gasteiger partial charge in [0, 0.05) is 6.07 Å². The van der Waals surface area contributed by atoms with Crippen LogP contribution in [0.5, 0.6) is 17.2 Å². The maximum Gasteiger partial charge on any atom is 0.258 e. The summed E-state index contributed by atoms with van der Waals surface area (Å²) in [6, 6.07) is 10.3. The number of ether oxygens (including phenoxy) is 3. The molecule has 5 nitrogen and oxygen atoms in total. The fourth-order valence-corrected chi connectivity index (χ4v) is 2.70. The largest absolute Gasteiger partial charge is 0.486 e. The van der Waals surface area contributed by atoms with Crippen molar-refractivity contribution in [2.24, 2.45) is 0 Å². The van der Waals surface area contributed by atoms with Gasteiger partial charge in [0.25, 0.3) is 5.91 Å². The minimum Gasteiger partial charge on any atom is -0.486 e. The Morgan fingerprint density at radius 2 is 1.88 bits per heavy atom. The minimum atomic E-state index is -0.242. The molecule has 7 heteroatoms. The molecule has 1 amide bonds. The van der Waals surface area contributed by atoms with Gasteiger partial charge in [0.15, 0.2) is 18.1 Å². The summed E-state index contributed by atoms with van der Waals surface area (Å²) < 4.78 is 16.5. The molecule has 1 heterocycles. The normalized spacial score (nSPS) is 13.9. The van der Waals surface area contributed by atoms with E-state index < -0.39 is 0 Å². The Labute approximate surface area is 155 Å². The topological polar surface area (TPSA) is 56.8 Å². The summed E-state index contributed by atoms with van der Waals surface area (Å²) in [5, 5.41) is 3.69. The van der Waals surface area contributed by atoms with Crippen LogP contribution in [0.25, 0.3) is 0 Å². The highest BCUT2D eigenvalue weighted by Crippen LogP contribution is 2.32. The van der Waals surface area contributed by atoms with Gasteiger partial charge in [-0.15, -0.1) is 0 Å². The molecule has 3 rings (SSSR count). The summed E-state index contributed by atoms with van der Waals surface area (Å²) in [5.41, 5.74) is 0.923. The number of carbonyl (C=O) groups is 1. The molecule has 1 aliphatic rings. The van der Waals surface area contributed by atoms with Crippen LogP contribution in [0.15, 0.2) is 36.4 Å². The Hall–Kier alpha value is -2.11. The van der Waals surface area contributed by atoms with Crippen LogP contribution in [-0.4, -0.2) is 25.7 Å². The highest BCUT2D eigenvalue weighted by Gasteiger charge is 2.16. The second-order valence-electron chi connectivity index (χ2n) is 5.56. The van der Waals surface area contributed by atoms with Crippen molar-refractivity contribution in [3.05, 3.63) is 52.0 Å². The number of fused-ring (bicyclic) bond motifs is 1. The van der Waals surface area contributed by atoms with Crippen molar-refractivity contribution in [3.8, 4) is 17.2 Å². The fraction of sp³-hybridized carbons (Fsp3) is 0.278. The number of hydrogen-bond acceptors (Lipinski definition) is 4. The lowest BCUT2D eigenvalue weighted by molar-refractivity contribution is -0.123. The van der Waals surface area contributed by atoms with Crippen LogP contribution in [0.1, 0.15) is 18.5 Å². The highest BCUT2D eigenvalue weighted by atomic mass is 35.5. The van der Waals surface area contributed by atoms with Gasteiger partial charge in [0.05, 0.1) is 16.1 Å². The molecule has 1 unspecified atom stereocenters. The van der Waals surface area contributed by atoms with E-state index >= 15 is 0 Å². The monoisotopic (exact) mass is 381 g/mol. The molecule has 25 heavy (non-hydrogen) atoms. The SMILES string of the molecule is CC(NC(=O)COc1ccc(Cl)c(Cl)c1)c1ccc2c(c1)OCCO2. The third kappa shape index (κ3) is 4.50. The number of hydrogen-bond donors (Lipinski definition) is 1. The molecule has 0 aromatic heterocycles. The Kier molecular flexibility index (Phi) is 5.56. The lowest BCUT2D eigenvalue weighted by Crippen LogP contribution is -2.31. The number of amides is 1. The molecule has 0 saturated carbocycles. The average molecular weight is 382 g/mol. The van der Waals surface area contributed by atoms with E-state index in [0.29, 0.717) is 34.8 Å². The molecule has 0 spiro atoms. The highest BCUT2D eigenvalue weighted by molar-refractivity contribution is 6.42. The molecule has 0 fully saturated rings. The maximum absolute atomic E-state index is 12.1. The van der Waals surface area contributed by atoms with Gasteiger partial charge in [-0.2, -0.15) is 0 Å². The van der Waals surface area contributed by atoms with Gasteiger partial charge in [0.2, 0.25) is 0 Å². The van der Waals surface area contributed by atoms with Crippen LogP contribution in [0.3, 0.4) is 0 Å². The zero-order valence-electron chi connectivity index (χ0n) is 13.6. The lowest BCUT2D eigenvalue weighted by Gasteiger charge is -2.21. The maximum atomic E-state index is 12.1. The summed E-state index contributed by atoms with van der Waals surface area (Å²) >= 11 is 11.8. The molecule has 0 bridgehead atoms. The number of halogens is 2. The third-order valence-electron chi connectivity index (χ3n) is 3.70. The second-order valence-corrected chi connectivity index (χ2v) is 6.37. The van der Waals surface area contributed by atoms with Crippen molar-refractivity contribution in [2.45, 2.75) is 13.0 Å². The third-order valence-corrected chi connectivity index (χ3v) is 4.44. The fourth-order valence-electron chi connectivity index (χ4n) is 2.41. The molecular formula is C18H17Cl2NO4. The van der Waals surface area contributed by atoms with Crippen molar-refractivity contribution >= 4 is 29.1 Å². The van der Waals surface area contributed by atoms with Crippen molar-refractivity contribution in [1.82, 2.24) is 5.32 Å². The van der Waals surface area contributed by atoms with E-state index in [9.17, 15) is 4.79 Å². The predicted octanol–water partition coefficient (Wildman–Crippen LogP) is 4.02. The van der Waals surface area contributed by atoms with E-state index in [1.54, 1.807) is 18.2 Å². The predicted molar refractivity (Wildman–Crippen MR) is 95.9 cm³/mol. The average Bonchev–Trinajstić information content (AvgIpc) is 2.62. The van der Waals surface area contributed by atoms with Gasteiger partial charge < -0.3 is 19.5 Å². The molecule has 132 valence electrons. The molecule has 1 N–H and O–H groups in total. The Bertz CT molecular complexity index is 782. The molecule has 1 atom stereocenters. The first kappa shape index (κ1) is 17.7. The summed E-state index contributed by atoms with van der Waals surface area (Å²) in [4.78, 5) is 12.1. The number of rotatable bonds is 5. The van der Waals surface area contributed by atoms with E-state index in [2.05, 4.69) is 5.32 Å². The van der Waals surface area contributed by atoms with Gasteiger partial charge in [-0.3, -0.25) is 4.79 Å². The summed E-state index contributed by atoms with van der Waals surface area (Å²) in [6.45, 7) is 2.84. The quantitative estimate of drug-likeness (QED) is 0.849. The zero-order valence-corrected chi connectivity index (χ0v) is 15.1. The van der Waals surface area contributed by atoms with Crippen LogP contribution in [0.4, 0.5) is 0 Å². The van der Waals surface area contributed by atoms with Gasteiger partial charge in [-0.05, 0) is 36.8 Å². The molecule has 0 saturated heterocycles. The minimum absolute atomic E-state index is 0.118. The van der Waals surface area contributed by atoms with Gasteiger partial charge in [-0.25, -0.2) is 0 Å². The van der Waals surface area contributed by atoms with E-state index in [1.807, 2.05) is 25.1 Å². The molecule has 0 aliphatic carbocycles. The van der Waals surface area contributed by atoms with Crippen molar-refractivity contribution in [1.29, 1.82) is 0 Å². The Balaban J connectivity index is 1.56. The zero-order chi connectivity index (χ0) is 17.8. The van der Waals surface area contributed by atoms with Gasteiger partial charge in [0.1, 0.15) is 19.0 Å². The van der Waals surface area contributed by atoms with Gasteiger partial charge >= 0.3 is 0 Å². The first-order chi connectivity index (χ1) is 12.0. The van der Waals surface area contributed by atoms with Crippen LogP contribution < -0.4 is 19.5 Å². The van der Waals surface area contributed by atoms with E-state index in [0.717, 1.165) is 11.3 Å². The molecular weight excluding hydrogens is 365 g/mol. The molecule has 1 aliphatic heterocycles. The molecule has 0 radical (unpaired) electrons. The number of carbonyl (C=O) groups excluding carboxylic acids is 1. The van der Waals surface area contributed by atoms with Crippen LogP contribution >= 0.6 is 23.2 Å². The van der Waals surface area contributed by atoms with Crippen molar-refractivity contribution in [2.75, 3.05) is 19.8 Å². The van der Waals surface area contributed by atoms with Crippen molar-refractivity contribution < 1.29 is 19.0 Å². The van der Waals surface area contributed by atoms with Crippen molar-refractivity contribution in [3.63, 3.8) is 0 Å². The smallest absolute Gasteiger partial charge is 0.258 e. The summed E-state index contributed by atoms with van der Waals surface area (Å²) in [7, 11) is 0. The van der Waals surface area contributed by atoms with Crippen LogP contribution in [0.2, 0.25) is 10.0 Å². The van der Waals surface area contributed by atoms with Crippen LogP contribution in [0, 0.1) is 0 Å². The standard InChI is InChI=1S/C18H17Cl2NO4/c1-11(12-2-5-16-17(8-12)24-7-6-23-16)21-18(22)10-25-13-3-4-14(19)15(20)9-13/h2-5,8-9,11H,6-7,10H2,1H3,(H,21,22). The summed E-state index contributed by atoms with van der Waals surface area (Å²) in [5.74, 6) is 1.65.